The SMILES string of the molecule is COc1ccc(N2C(=O)c3cc(Cn4c(O)c5cnc(C(=O)N=N)cc5c4O)ccc3C2C)cc1OC1CCCC1. The predicted octanol–water partition coefficient (Wildman–Crippen LogP) is 5.72. The second-order valence-electron chi connectivity index (χ2n) is 10.4. The third-order valence-electron chi connectivity index (χ3n) is 7.98. The summed E-state index contributed by atoms with van der Waals surface area (Å²) in [5.74, 6) is -0.281. The maximum Gasteiger partial charge on any atom is 0.313 e. The summed E-state index contributed by atoms with van der Waals surface area (Å²) in [6.07, 6.45) is 5.67. The van der Waals surface area contributed by atoms with Gasteiger partial charge >= 0.3 is 5.91 Å². The van der Waals surface area contributed by atoms with Crippen molar-refractivity contribution in [3.63, 3.8) is 0 Å². The van der Waals surface area contributed by atoms with Gasteiger partial charge in [0.1, 0.15) is 5.69 Å². The second-order valence-corrected chi connectivity index (χ2v) is 10.4. The Bertz CT molecular complexity index is 1710. The lowest BCUT2D eigenvalue weighted by Crippen LogP contribution is -2.26. The zero-order valence-corrected chi connectivity index (χ0v) is 22.6. The first-order chi connectivity index (χ1) is 19.8. The fourth-order valence-corrected chi connectivity index (χ4v) is 5.85. The highest BCUT2D eigenvalue weighted by molar-refractivity contribution is 6.11. The molecule has 2 aromatic heterocycles. The minimum Gasteiger partial charge on any atom is -0.494 e. The van der Waals surface area contributed by atoms with Crippen LogP contribution in [0, 0.1) is 5.53 Å². The van der Waals surface area contributed by atoms with E-state index in [1.165, 1.54) is 16.8 Å². The van der Waals surface area contributed by atoms with Crippen LogP contribution in [0.2, 0.25) is 0 Å². The van der Waals surface area contributed by atoms with Crippen molar-refractivity contribution in [2.45, 2.75) is 51.3 Å². The zero-order valence-electron chi connectivity index (χ0n) is 22.6. The zero-order chi connectivity index (χ0) is 28.8. The Labute approximate surface area is 235 Å². The van der Waals surface area contributed by atoms with Crippen LogP contribution in [0.25, 0.3) is 10.8 Å². The fraction of sp³-hybridized carbons (Fsp3) is 0.300. The molecule has 41 heavy (non-hydrogen) atoms. The number of rotatable bonds is 7. The van der Waals surface area contributed by atoms with E-state index in [2.05, 4.69) is 10.1 Å². The molecule has 0 spiro atoms. The summed E-state index contributed by atoms with van der Waals surface area (Å²) in [6.45, 7) is 2.03. The van der Waals surface area contributed by atoms with Gasteiger partial charge in [-0.15, -0.1) is 5.11 Å². The number of anilines is 1. The van der Waals surface area contributed by atoms with Gasteiger partial charge in [0.2, 0.25) is 11.8 Å². The Morgan fingerprint density at radius 1 is 1.07 bits per heavy atom. The van der Waals surface area contributed by atoms with Crippen LogP contribution in [0.4, 0.5) is 5.69 Å². The third kappa shape index (κ3) is 4.43. The number of pyridine rings is 1. The molecule has 1 aliphatic heterocycles. The van der Waals surface area contributed by atoms with Crippen molar-refractivity contribution in [2.75, 3.05) is 12.0 Å². The molecule has 3 heterocycles. The van der Waals surface area contributed by atoms with Crippen LogP contribution in [-0.2, 0) is 6.54 Å². The molecule has 0 bridgehead atoms. The molecular weight excluding hydrogens is 526 g/mol. The van der Waals surface area contributed by atoms with E-state index in [0.717, 1.165) is 31.2 Å². The van der Waals surface area contributed by atoms with Gasteiger partial charge in [0.25, 0.3) is 5.91 Å². The van der Waals surface area contributed by atoms with Gasteiger partial charge in [-0.3, -0.25) is 19.1 Å². The quantitative estimate of drug-likeness (QED) is 0.247. The van der Waals surface area contributed by atoms with E-state index in [1.54, 1.807) is 18.1 Å². The number of aromatic nitrogens is 2. The average molecular weight is 556 g/mol. The number of methoxy groups -OCH3 is 1. The van der Waals surface area contributed by atoms with Crippen LogP contribution >= 0.6 is 0 Å². The van der Waals surface area contributed by atoms with Crippen LogP contribution in [0.15, 0.2) is 53.8 Å². The average Bonchev–Trinajstić information content (AvgIpc) is 3.65. The second kappa shape index (κ2) is 10.2. The maximum absolute atomic E-state index is 13.7. The summed E-state index contributed by atoms with van der Waals surface area (Å²) in [4.78, 5) is 31.1. The largest absolute Gasteiger partial charge is 0.494 e. The monoisotopic (exact) mass is 555 g/mol. The lowest BCUT2D eigenvalue weighted by atomic mass is 10.0. The van der Waals surface area contributed by atoms with Gasteiger partial charge in [-0.25, -0.2) is 5.53 Å². The molecule has 4 aromatic rings. The Kier molecular flexibility index (Phi) is 6.56. The minimum absolute atomic E-state index is 0.0648. The van der Waals surface area contributed by atoms with Crippen molar-refractivity contribution in [2.24, 2.45) is 5.11 Å². The molecule has 6 rings (SSSR count). The normalized spacial score (nSPS) is 16.8. The number of hydrogen-bond donors (Lipinski definition) is 3. The molecule has 1 unspecified atom stereocenters. The molecule has 1 fully saturated rings. The molecule has 1 saturated carbocycles. The molecule has 2 aromatic carbocycles. The molecule has 1 aliphatic carbocycles. The van der Waals surface area contributed by atoms with Crippen molar-refractivity contribution < 1.29 is 29.3 Å². The summed E-state index contributed by atoms with van der Waals surface area (Å²) in [6, 6.07) is 12.1. The Balaban J connectivity index is 1.30. The number of ether oxygens (including phenoxy) is 2. The molecule has 1 atom stereocenters. The summed E-state index contributed by atoms with van der Waals surface area (Å²) >= 11 is 0. The van der Waals surface area contributed by atoms with Crippen molar-refractivity contribution in [1.29, 1.82) is 5.53 Å². The van der Waals surface area contributed by atoms with Crippen LogP contribution in [0.5, 0.6) is 23.3 Å². The van der Waals surface area contributed by atoms with E-state index in [9.17, 15) is 19.8 Å². The molecule has 210 valence electrons. The first-order valence-electron chi connectivity index (χ1n) is 13.4. The molecule has 3 N–H and O–H groups in total. The number of hydrogen-bond acceptors (Lipinski definition) is 8. The number of carbonyl (C=O) groups is 2. The number of carbonyl (C=O) groups excluding carboxylic acids is 2. The topological polar surface area (TPSA) is 150 Å². The van der Waals surface area contributed by atoms with E-state index in [-0.39, 0.29) is 52.8 Å². The van der Waals surface area contributed by atoms with E-state index in [4.69, 9.17) is 15.0 Å². The van der Waals surface area contributed by atoms with Crippen LogP contribution in [-0.4, -0.2) is 44.8 Å². The van der Waals surface area contributed by atoms with Crippen molar-refractivity contribution in [3.8, 4) is 23.3 Å². The summed E-state index contributed by atoms with van der Waals surface area (Å²) in [5, 5.41) is 24.9. The predicted molar refractivity (Wildman–Crippen MR) is 149 cm³/mol. The number of nitrogens with one attached hydrogen (secondary N) is 1. The number of fused-ring (bicyclic) bond motifs is 2. The smallest absolute Gasteiger partial charge is 0.313 e. The van der Waals surface area contributed by atoms with Crippen LogP contribution in [0.3, 0.4) is 0 Å². The van der Waals surface area contributed by atoms with Gasteiger partial charge in [0.15, 0.2) is 11.5 Å². The summed E-state index contributed by atoms with van der Waals surface area (Å²) in [5.41, 5.74) is 9.58. The molecule has 11 nitrogen and oxygen atoms in total. The summed E-state index contributed by atoms with van der Waals surface area (Å²) in [7, 11) is 1.60. The van der Waals surface area contributed by atoms with Gasteiger partial charge in [0, 0.05) is 23.5 Å². The molecular formula is C30H29N5O6. The lowest BCUT2D eigenvalue weighted by molar-refractivity contribution is 0.0981. The third-order valence-corrected chi connectivity index (χ3v) is 7.98. The maximum atomic E-state index is 13.7. The van der Waals surface area contributed by atoms with Gasteiger partial charge in [0.05, 0.1) is 36.6 Å². The van der Waals surface area contributed by atoms with Crippen molar-refractivity contribution in [3.05, 3.63) is 71.0 Å². The minimum atomic E-state index is -0.858. The van der Waals surface area contributed by atoms with E-state index < -0.39 is 5.91 Å². The highest BCUT2D eigenvalue weighted by Gasteiger charge is 2.36. The van der Waals surface area contributed by atoms with Crippen molar-refractivity contribution >= 4 is 28.3 Å². The highest BCUT2D eigenvalue weighted by atomic mass is 16.5. The van der Waals surface area contributed by atoms with Crippen molar-refractivity contribution in [1.82, 2.24) is 9.55 Å². The first-order valence-corrected chi connectivity index (χ1v) is 13.4. The van der Waals surface area contributed by atoms with Gasteiger partial charge < -0.3 is 24.6 Å². The molecule has 0 radical (unpaired) electrons. The number of aromatic hydroxyl groups is 2. The fourth-order valence-electron chi connectivity index (χ4n) is 5.85. The Hall–Kier alpha value is -4.93. The summed E-state index contributed by atoms with van der Waals surface area (Å²) < 4.78 is 13.0. The molecule has 2 aliphatic rings. The Morgan fingerprint density at radius 2 is 1.83 bits per heavy atom. The van der Waals surface area contributed by atoms with E-state index in [1.807, 2.05) is 37.3 Å². The Morgan fingerprint density at radius 3 is 2.56 bits per heavy atom. The lowest BCUT2D eigenvalue weighted by Gasteiger charge is -2.24. The van der Waals surface area contributed by atoms with Gasteiger partial charge in [-0.1, -0.05) is 12.1 Å². The highest BCUT2D eigenvalue weighted by Crippen LogP contribution is 2.42. The molecule has 11 heteroatoms. The number of nitrogens with zero attached hydrogens (tertiary/aromatic N) is 4. The van der Waals surface area contributed by atoms with Crippen LogP contribution < -0.4 is 14.4 Å². The molecule has 2 amide bonds. The van der Waals surface area contributed by atoms with Crippen LogP contribution in [0.1, 0.15) is 70.6 Å². The number of amides is 2. The van der Waals surface area contributed by atoms with Gasteiger partial charge in [-0.2, -0.15) is 0 Å². The van der Waals surface area contributed by atoms with E-state index >= 15 is 0 Å². The first kappa shape index (κ1) is 26.3. The number of benzene rings is 2. The molecule has 0 saturated heterocycles. The van der Waals surface area contributed by atoms with Gasteiger partial charge in [-0.05, 0) is 68.0 Å². The van der Waals surface area contributed by atoms with E-state index in [0.29, 0.717) is 28.3 Å². The standard InChI is InChI=1S/C30H29N5O6/c1-16-20-9-7-17(15-34-28(37)22-13-24(27(36)33-31)32-14-23(22)29(34)38)11-21(20)30(39)35(16)18-8-10-25(40-2)26(12-18)41-19-5-3-4-6-19/h7-14,16,19,31,37-38H,3-6,15H2,1-2H3.